The van der Waals surface area contributed by atoms with Gasteiger partial charge in [0.1, 0.15) is 0 Å². The van der Waals surface area contributed by atoms with Crippen LogP contribution in [0.5, 0.6) is 0 Å². The van der Waals surface area contributed by atoms with Crippen LogP contribution in [-0.4, -0.2) is 41.0 Å². The molecule has 0 aliphatic carbocycles. The molecule has 36 heavy (non-hydrogen) atoms. The van der Waals surface area contributed by atoms with Crippen molar-refractivity contribution in [1.29, 1.82) is 0 Å². The van der Waals surface area contributed by atoms with Gasteiger partial charge in [-0.25, -0.2) is 0 Å². The minimum atomic E-state index is -1.08. The molecule has 8 heteroatoms. The first-order valence-corrected chi connectivity index (χ1v) is 12.1. The van der Waals surface area contributed by atoms with Crippen molar-refractivity contribution < 1.29 is 24.6 Å². The Kier molecular flexibility index (Phi) is 10.0. The van der Waals surface area contributed by atoms with Crippen molar-refractivity contribution >= 4 is 35.0 Å². The average Bonchev–Trinajstić information content (AvgIpc) is 3.13. The standard InChI is InChI=1S/C24H23ClN2O.C4H6O4/c25-22-11-10-18-12-14-26-15-13-21(18)23(22)27-16-17-6-8-20(9-7-17)24(28)19-4-2-1-3-5-19;5-3(6)1-2-4(7)8/h1-11,26-27H,12-16H2;1-2H2,(H,5,6)(H,7,8). The number of nitrogens with one attached hydrogen (secondary N) is 2. The Morgan fingerprint density at radius 3 is 2.06 bits per heavy atom. The van der Waals surface area contributed by atoms with Crippen molar-refractivity contribution in [1.82, 2.24) is 5.32 Å². The van der Waals surface area contributed by atoms with Crippen molar-refractivity contribution in [2.45, 2.75) is 32.2 Å². The molecule has 3 aromatic carbocycles. The Hall–Kier alpha value is -3.68. The van der Waals surface area contributed by atoms with Gasteiger partial charge in [-0.1, -0.05) is 72.3 Å². The lowest BCUT2D eigenvalue weighted by molar-refractivity contribution is -0.143. The molecule has 0 atom stereocenters. The van der Waals surface area contributed by atoms with E-state index >= 15 is 0 Å². The maximum atomic E-state index is 12.5. The number of benzene rings is 3. The third-order valence-electron chi connectivity index (χ3n) is 5.76. The normalized spacial score (nSPS) is 12.4. The van der Waals surface area contributed by atoms with Gasteiger partial charge in [-0.15, -0.1) is 0 Å². The summed E-state index contributed by atoms with van der Waals surface area (Å²) in [5.41, 5.74) is 6.24. The molecule has 1 heterocycles. The van der Waals surface area contributed by atoms with E-state index in [4.69, 9.17) is 21.8 Å². The number of carbonyl (C=O) groups is 3. The zero-order valence-corrected chi connectivity index (χ0v) is 20.6. The molecule has 0 saturated carbocycles. The van der Waals surface area contributed by atoms with Gasteiger partial charge < -0.3 is 20.8 Å². The number of fused-ring (bicyclic) bond motifs is 1. The number of rotatable bonds is 8. The van der Waals surface area contributed by atoms with E-state index in [1.54, 1.807) is 0 Å². The van der Waals surface area contributed by atoms with Crippen LogP contribution in [0, 0.1) is 0 Å². The van der Waals surface area contributed by atoms with Crippen LogP contribution in [0.1, 0.15) is 45.5 Å². The Morgan fingerprint density at radius 1 is 0.806 bits per heavy atom. The monoisotopic (exact) mass is 508 g/mol. The first-order valence-electron chi connectivity index (χ1n) is 11.7. The molecule has 0 radical (unpaired) electrons. The Bertz CT molecular complexity index is 1180. The molecule has 3 aromatic rings. The van der Waals surface area contributed by atoms with E-state index in [2.05, 4.69) is 16.7 Å². The first kappa shape index (κ1) is 26.9. The van der Waals surface area contributed by atoms with Crippen LogP contribution in [0.4, 0.5) is 5.69 Å². The van der Waals surface area contributed by atoms with Crippen LogP contribution in [0.3, 0.4) is 0 Å². The van der Waals surface area contributed by atoms with Crippen molar-refractivity contribution in [3.05, 3.63) is 99.6 Å². The molecule has 1 aliphatic rings. The van der Waals surface area contributed by atoms with Gasteiger partial charge in [-0.3, -0.25) is 14.4 Å². The van der Waals surface area contributed by atoms with E-state index in [9.17, 15) is 14.4 Å². The molecule has 0 bridgehead atoms. The van der Waals surface area contributed by atoms with Gasteiger partial charge in [0.25, 0.3) is 0 Å². The molecule has 1 aliphatic heterocycles. The van der Waals surface area contributed by atoms with E-state index in [0.717, 1.165) is 42.2 Å². The lowest BCUT2D eigenvalue weighted by atomic mass is 10.00. The number of aliphatic carboxylic acids is 2. The fraction of sp³-hybridized carbons (Fsp3) is 0.250. The molecule has 7 nitrogen and oxygen atoms in total. The summed E-state index contributed by atoms with van der Waals surface area (Å²) in [6.07, 6.45) is 1.41. The van der Waals surface area contributed by atoms with Gasteiger partial charge in [0, 0.05) is 17.7 Å². The number of anilines is 1. The molecule has 0 saturated heterocycles. The van der Waals surface area contributed by atoms with Crippen molar-refractivity contribution in [3.63, 3.8) is 0 Å². The molecular formula is C28H29ClN2O5. The second kappa shape index (κ2) is 13.4. The van der Waals surface area contributed by atoms with Crippen molar-refractivity contribution in [2.75, 3.05) is 18.4 Å². The summed E-state index contributed by atoms with van der Waals surface area (Å²) in [5.74, 6) is -2.11. The summed E-state index contributed by atoms with van der Waals surface area (Å²) in [7, 11) is 0. The number of ketones is 1. The van der Waals surface area contributed by atoms with E-state index in [1.807, 2.05) is 60.7 Å². The Labute approximate surface area is 215 Å². The average molecular weight is 509 g/mol. The molecule has 0 fully saturated rings. The van der Waals surface area contributed by atoms with Crippen molar-refractivity contribution in [2.24, 2.45) is 0 Å². The molecule has 0 aromatic heterocycles. The Morgan fingerprint density at radius 2 is 1.42 bits per heavy atom. The van der Waals surface area contributed by atoms with Crippen LogP contribution in [0.2, 0.25) is 5.02 Å². The third-order valence-corrected chi connectivity index (χ3v) is 6.07. The van der Waals surface area contributed by atoms with Crippen LogP contribution in [0.25, 0.3) is 0 Å². The highest BCUT2D eigenvalue weighted by Gasteiger charge is 2.15. The topological polar surface area (TPSA) is 116 Å². The maximum absolute atomic E-state index is 12.5. The molecule has 188 valence electrons. The number of carboxylic acids is 2. The van der Waals surface area contributed by atoms with E-state index in [0.29, 0.717) is 17.7 Å². The molecule has 4 rings (SSSR count). The minimum Gasteiger partial charge on any atom is -0.481 e. The SMILES string of the molecule is O=C(O)CCC(=O)O.O=C(c1ccccc1)c1ccc(CNc2c(Cl)ccc3c2CCNCC3)cc1. The van der Waals surface area contributed by atoms with Gasteiger partial charge >= 0.3 is 11.9 Å². The van der Waals surface area contributed by atoms with E-state index < -0.39 is 11.9 Å². The maximum Gasteiger partial charge on any atom is 0.303 e. The lowest BCUT2D eigenvalue weighted by Gasteiger charge is -2.16. The van der Waals surface area contributed by atoms with Crippen LogP contribution in [0.15, 0.2) is 66.7 Å². The van der Waals surface area contributed by atoms with E-state index in [-0.39, 0.29) is 18.6 Å². The van der Waals surface area contributed by atoms with Gasteiger partial charge in [0.2, 0.25) is 0 Å². The van der Waals surface area contributed by atoms with Gasteiger partial charge in [0.05, 0.1) is 23.6 Å². The van der Waals surface area contributed by atoms with Gasteiger partial charge in [-0.2, -0.15) is 0 Å². The highest BCUT2D eigenvalue weighted by Crippen LogP contribution is 2.31. The summed E-state index contributed by atoms with van der Waals surface area (Å²) in [6.45, 7) is 2.65. The summed E-state index contributed by atoms with van der Waals surface area (Å²) in [6, 6.07) is 21.3. The zero-order chi connectivity index (χ0) is 25.9. The third kappa shape index (κ3) is 7.93. The predicted molar refractivity (Wildman–Crippen MR) is 140 cm³/mol. The van der Waals surface area contributed by atoms with Crippen LogP contribution in [-0.2, 0) is 29.0 Å². The number of hydrogen-bond acceptors (Lipinski definition) is 5. The quantitative estimate of drug-likeness (QED) is 0.323. The summed E-state index contributed by atoms with van der Waals surface area (Å²) < 4.78 is 0. The summed E-state index contributed by atoms with van der Waals surface area (Å²) in [5, 5.41) is 23.5. The lowest BCUT2D eigenvalue weighted by Crippen LogP contribution is -2.16. The number of carboxylic acid groups (broad SMARTS) is 2. The van der Waals surface area contributed by atoms with Gasteiger partial charge in [-0.05, 0) is 48.7 Å². The molecule has 4 N–H and O–H groups in total. The highest BCUT2D eigenvalue weighted by molar-refractivity contribution is 6.33. The molecule has 0 unspecified atom stereocenters. The van der Waals surface area contributed by atoms with Gasteiger partial charge in [0.15, 0.2) is 5.78 Å². The second-order valence-corrected chi connectivity index (χ2v) is 8.75. The Balaban J connectivity index is 0.000000392. The fourth-order valence-electron chi connectivity index (χ4n) is 3.87. The predicted octanol–water partition coefficient (Wildman–Crippen LogP) is 4.81. The van der Waals surface area contributed by atoms with Crippen LogP contribution < -0.4 is 10.6 Å². The number of carbonyl (C=O) groups excluding carboxylic acids is 1. The number of hydrogen-bond donors (Lipinski definition) is 4. The minimum absolute atomic E-state index is 0.0454. The smallest absolute Gasteiger partial charge is 0.303 e. The van der Waals surface area contributed by atoms with Crippen LogP contribution >= 0.6 is 11.6 Å². The summed E-state index contributed by atoms with van der Waals surface area (Å²) in [4.78, 5) is 31.8. The highest BCUT2D eigenvalue weighted by atomic mass is 35.5. The van der Waals surface area contributed by atoms with E-state index in [1.165, 1.54) is 11.1 Å². The fourth-order valence-corrected chi connectivity index (χ4v) is 4.11. The molecular weight excluding hydrogens is 480 g/mol. The van der Waals surface area contributed by atoms with Crippen molar-refractivity contribution in [3.8, 4) is 0 Å². The molecule has 0 spiro atoms. The first-order chi connectivity index (χ1) is 17.3. The number of halogens is 1. The summed E-state index contributed by atoms with van der Waals surface area (Å²) >= 11 is 6.49. The molecule has 0 amide bonds. The largest absolute Gasteiger partial charge is 0.481 e. The zero-order valence-electron chi connectivity index (χ0n) is 19.8. The second-order valence-electron chi connectivity index (χ2n) is 8.34.